The third kappa shape index (κ3) is 5.31. The second-order valence-electron chi connectivity index (χ2n) is 6.21. The first kappa shape index (κ1) is 23.8. The van der Waals surface area contributed by atoms with Crippen molar-refractivity contribution >= 4 is 69.9 Å². The summed E-state index contributed by atoms with van der Waals surface area (Å²) in [5.74, 6) is -0.640. The lowest BCUT2D eigenvalue weighted by molar-refractivity contribution is -0.150. The Morgan fingerprint density at radius 1 is 1.50 bits per heavy atom. The van der Waals surface area contributed by atoms with E-state index < -0.39 is 29.2 Å². The fraction of sp³-hybridized carbons (Fsp3) is 0.333. The smallest absolute Gasteiger partial charge is 0.352 e. The summed E-state index contributed by atoms with van der Waals surface area (Å²) >= 11 is 4.01. The molecule has 32 heavy (non-hydrogen) atoms. The molecule has 2 aliphatic rings. The Morgan fingerprint density at radius 3 is 3.03 bits per heavy atom. The highest BCUT2D eigenvalue weighted by atomic mass is 32.2. The van der Waals surface area contributed by atoms with Gasteiger partial charge >= 0.3 is 5.97 Å². The van der Waals surface area contributed by atoms with E-state index in [0.717, 1.165) is 22.0 Å². The van der Waals surface area contributed by atoms with E-state index in [2.05, 4.69) is 27.4 Å². The molecule has 0 aliphatic carbocycles. The fourth-order valence-corrected chi connectivity index (χ4v) is 5.20. The van der Waals surface area contributed by atoms with Crippen molar-refractivity contribution in [3.63, 3.8) is 0 Å². The predicted molar refractivity (Wildman–Crippen MR) is 123 cm³/mol. The molecule has 0 aromatic carbocycles. The van der Waals surface area contributed by atoms with Gasteiger partial charge in [-0.05, 0) is 6.08 Å². The van der Waals surface area contributed by atoms with Crippen LogP contribution in [0, 0.1) is 0 Å². The lowest BCUT2D eigenvalue weighted by Crippen LogP contribution is -2.70. The number of fused-ring (bicyclic) bond motifs is 1. The Morgan fingerprint density at radius 2 is 2.31 bits per heavy atom. The molecule has 0 saturated carbocycles. The van der Waals surface area contributed by atoms with Crippen LogP contribution in [0.15, 0.2) is 35.0 Å². The zero-order valence-corrected chi connectivity index (χ0v) is 19.0. The number of carbonyl (C=O) groups excluding carboxylic acids is 3. The number of anilines is 1. The van der Waals surface area contributed by atoms with Crippen molar-refractivity contribution in [2.75, 3.05) is 29.2 Å². The van der Waals surface area contributed by atoms with Crippen LogP contribution < -0.4 is 10.6 Å². The number of amides is 3. The first-order chi connectivity index (χ1) is 15.5. The molecule has 1 unspecified atom stereocenters. The number of carbonyl (C=O) groups is 4. The van der Waals surface area contributed by atoms with Crippen LogP contribution in [0.25, 0.3) is 0 Å². The molecule has 1 saturated heterocycles. The summed E-state index contributed by atoms with van der Waals surface area (Å²) < 4.78 is 0. The average Bonchev–Trinajstić information content (AvgIpc) is 3.24. The summed E-state index contributed by atoms with van der Waals surface area (Å²) in [6, 6.07) is -0.907. The van der Waals surface area contributed by atoms with Gasteiger partial charge in [-0.2, -0.15) is 11.8 Å². The predicted octanol–water partition coefficient (Wildman–Crippen LogP) is 0.720. The average molecular weight is 498 g/mol. The number of nitrogens with zero attached hydrogens (tertiary/aromatic N) is 3. The highest BCUT2D eigenvalue weighted by molar-refractivity contribution is 8.00. The zero-order chi connectivity index (χ0) is 23.1. The topological polar surface area (TPSA) is 150 Å². The van der Waals surface area contributed by atoms with Crippen LogP contribution in [0.4, 0.5) is 5.13 Å². The number of thiazole rings is 1. The van der Waals surface area contributed by atoms with E-state index in [1.165, 1.54) is 23.2 Å². The molecule has 2 atom stereocenters. The van der Waals surface area contributed by atoms with Crippen molar-refractivity contribution in [1.82, 2.24) is 15.2 Å². The van der Waals surface area contributed by atoms with Gasteiger partial charge in [-0.1, -0.05) is 11.2 Å². The summed E-state index contributed by atoms with van der Waals surface area (Å²) in [6.45, 7) is 3.86. The van der Waals surface area contributed by atoms with E-state index in [1.54, 1.807) is 17.8 Å². The van der Waals surface area contributed by atoms with Gasteiger partial charge in [0, 0.05) is 22.6 Å². The minimum Gasteiger partial charge on any atom is -0.477 e. The van der Waals surface area contributed by atoms with Crippen LogP contribution in [-0.2, 0) is 24.0 Å². The van der Waals surface area contributed by atoms with E-state index >= 15 is 0 Å². The summed E-state index contributed by atoms with van der Waals surface area (Å²) in [6.07, 6.45) is 3.68. The maximum absolute atomic E-state index is 12.9. The van der Waals surface area contributed by atoms with Gasteiger partial charge in [0.15, 0.2) is 10.8 Å². The van der Waals surface area contributed by atoms with Gasteiger partial charge in [0.1, 0.15) is 29.4 Å². The van der Waals surface area contributed by atoms with Crippen molar-refractivity contribution in [3.05, 3.63) is 35.5 Å². The number of hydrogen-bond acceptors (Lipinski definition) is 10. The minimum absolute atomic E-state index is 0.0948. The van der Waals surface area contributed by atoms with Gasteiger partial charge in [0.05, 0.1) is 0 Å². The molecule has 14 heteroatoms. The number of nitrogens with one attached hydrogen (secondary N) is 2. The number of oxime groups is 1. The monoisotopic (exact) mass is 497 g/mol. The molecule has 0 spiro atoms. The van der Waals surface area contributed by atoms with Crippen LogP contribution in [-0.4, -0.2) is 80.2 Å². The van der Waals surface area contributed by atoms with E-state index in [0.29, 0.717) is 17.9 Å². The Kier molecular flexibility index (Phi) is 8.30. The van der Waals surface area contributed by atoms with Gasteiger partial charge in [-0.25, -0.2) is 9.78 Å². The second kappa shape index (κ2) is 11.2. The van der Waals surface area contributed by atoms with Gasteiger partial charge < -0.3 is 20.6 Å². The molecule has 3 amide bonds. The van der Waals surface area contributed by atoms with Gasteiger partial charge in [-0.3, -0.25) is 19.3 Å². The van der Waals surface area contributed by atoms with Crippen molar-refractivity contribution in [1.29, 1.82) is 0 Å². The van der Waals surface area contributed by atoms with Crippen molar-refractivity contribution in [3.8, 4) is 0 Å². The third-order valence-corrected chi connectivity index (χ3v) is 7.09. The van der Waals surface area contributed by atoms with Crippen LogP contribution >= 0.6 is 34.9 Å². The Labute approximate surface area is 195 Å². The Balaban J connectivity index is 1.71. The lowest BCUT2D eigenvalue weighted by atomic mass is 10.0. The van der Waals surface area contributed by atoms with Gasteiger partial charge in [-0.15, -0.1) is 29.7 Å². The molecule has 3 rings (SSSR count). The summed E-state index contributed by atoms with van der Waals surface area (Å²) in [5, 5.41) is 19.4. The van der Waals surface area contributed by atoms with Crippen LogP contribution in [0.5, 0.6) is 0 Å². The summed E-state index contributed by atoms with van der Waals surface area (Å²) in [7, 11) is 0. The minimum atomic E-state index is -1.20. The summed E-state index contributed by atoms with van der Waals surface area (Å²) in [5.41, 5.74) is -0.0841. The number of aliphatic carboxylic acids is 1. The van der Waals surface area contributed by atoms with E-state index in [9.17, 15) is 24.3 Å². The number of thioether (sulfide) groups is 2. The molecule has 3 N–H and O–H groups in total. The number of β-lactam (4-membered cyclic amide) rings is 1. The molecular weight excluding hydrogens is 478 g/mol. The van der Waals surface area contributed by atoms with E-state index in [1.807, 2.05) is 0 Å². The number of rotatable bonds is 12. The van der Waals surface area contributed by atoms with Crippen molar-refractivity contribution < 1.29 is 29.1 Å². The zero-order valence-electron chi connectivity index (χ0n) is 16.6. The number of aromatic nitrogens is 1. The third-order valence-electron chi connectivity index (χ3n) is 4.21. The molecule has 2 aliphatic heterocycles. The van der Waals surface area contributed by atoms with Crippen LogP contribution in [0.3, 0.4) is 0 Å². The maximum Gasteiger partial charge on any atom is 0.352 e. The van der Waals surface area contributed by atoms with Gasteiger partial charge in [0.2, 0.25) is 6.41 Å². The highest BCUT2D eigenvalue weighted by Gasteiger charge is 2.53. The quantitative estimate of drug-likeness (QED) is 0.0948. The number of carboxylic acids is 1. The maximum atomic E-state index is 12.9. The van der Waals surface area contributed by atoms with Gasteiger partial charge in [0.25, 0.3) is 11.8 Å². The first-order valence-electron chi connectivity index (χ1n) is 9.21. The van der Waals surface area contributed by atoms with Crippen LogP contribution in [0.1, 0.15) is 5.69 Å². The Hall–Kier alpha value is -2.84. The molecule has 170 valence electrons. The molecular formula is C18H19N5O6S3. The molecule has 1 fully saturated rings. The summed E-state index contributed by atoms with van der Waals surface area (Å²) in [4.78, 5) is 58.0. The van der Waals surface area contributed by atoms with E-state index in [-0.39, 0.29) is 28.8 Å². The first-order valence-corrected chi connectivity index (χ1v) is 12.3. The standard InChI is InChI=1S/C18H19N5O6S3/c1-2-5-30-7-4-29-22-12(10-8-32-18(20-10)19-9-24)14(25)21-13-15(26)23-11(17(27)28)3-6-31-16(13)23/h2-3,8-9,13,16H,1,4-7H2,(H,21,25)(H,27,28)(H,19,20,24)/t13?,16-/m1/s1. The van der Waals surface area contributed by atoms with E-state index in [4.69, 9.17) is 4.84 Å². The lowest BCUT2D eigenvalue weighted by Gasteiger charge is -2.48. The SMILES string of the molecule is C=CCSCCON=C(C(=O)NC1C(=O)N2C(C(=O)O)=CCS[C@H]12)c1csc(NC=O)n1. The molecule has 0 bridgehead atoms. The molecule has 0 radical (unpaired) electrons. The molecule has 1 aromatic rings. The Bertz CT molecular complexity index is 978. The number of carboxylic acid groups (broad SMARTS) is 1. The number of hydrogen-bond donors (Lipinski definition) is 3. The molecule has 3 heterocycles. The molecule has 11 nitrogen and oxygen atoms in total. The second-order valence-corrected chi connectivity index (χ2v) is 9.37. The normalized spacial score (nSPS) is 19.9. The highest BCUT2D eigenvalue weighted by Crippen LogP contribution is 2.37. The van der Waals surface area contributed by atoms with Crippen molar-refractivity contribution in [2.45, 2.75) is 11.4 Å². The van der Waals surface area contributed by atoms with Crippen LogP contribution in [0.2, 0.25) is 0 Å². The fourth-order valence-electron chi connectivity index (χ4n) is 2.82. The molecule has 1 aromatic heterocycles. The van der Waals surface area contributed by atoms with Crippen molar-refractivity contribution in [2.24, 2.45) is 5.16 Å². The largest absolute Gasteiger partial charge is 0.477 e.